The zero-order chi connectivity index (χ0) is 15.7. The van der Waals surface area contributed by atoms with Crippen LogP contribution < -0.4 is 10.2 Å². The first-order valence-corrected chi connectivity index (χ1v) is 8.29. The molecule has 1 N–H and O–H groups in total. The zero-order valence-corrected chi connectivity index (χ0v) is 13.8. The van der Waals surface area contributed by atoms with Gasteiger partial charge in [0.25, 0.3) is 0 Å². The SMILES string of the molecule is CC(C)(C)OC(=O)N1CCc2cccc(CNC3CCC3)c21. The Bertz CT molecular complexity index is 559. The quantitative estimate of drug-likeness (QED) is 0.927. The lowest BCUT2D eigenvalue weighted by Crippen LogP contribution is -2.37. The van der Waals surface area contributed by atoms with E-state index in [1.807, 2.05) is 20.8 Å². The van der Waals surface area contributed by atoms with E-state index in [0.717, 1.165) is 18.7 Å². The number of hydrogen-bond acceptors (Lipinski definition) is 3. The molecule has 0 saturated heterocycles. The number of nitrogens with zero attached hydrogens (tertiary/aromatic N) is 1. The van der Waals surface area contributed by atoms with Gasteiger partial charge in [-0.05, 0) is 51.2 Å². The van der Waals surface area contributed by atoms with Crippen LogP contribution in [0.2, 0.25) is 0 Å². The monoisotopic (exact) mass is 302 g/mol. The molecule has 2 aliphatic rings. The van der Waals surface area contributed by atoms with Gasteiger partial charge in [-0.15, -0.1) is 0 Å². The van der Waals surface area contributed by atoms with Crippen LogP contribution in [0, 0.1) is 0 Å². The van der Waals surface area contributed by atoms with E-state index in [1.54, 1.807) is 4.90 Å². The summed E-state index contributed by atoms with van der Waals surface area (Å²) in [6, 6.07) is 6.97. The van der Waals surface area contributed by atoms with Gasteiger partial charge in [0.2, 0.25) is 0 Å². The van der Waals surface area contributed by atoms with Gasteiger partial charge < -0.3 is 10.1 Å². The predicted molar refractivity (Wildman–Crippen MR) is 88.2 cm³/mol. The van der Waals surface area contributed by atoms with Gasteiger partial charge in [-0.25, -0.2) is 4.79 Å². The molecule has 120 valence electrons. The molecule has 1 aliphatic heterocycles. The number of para-hydroxylation sites is 1. The van der Waals surface area contributed by atoms with E-state index in [4.69, 9.17) is 4.74 Å². The summed E-state index contributed by atoms with van der Waals surface area (Å²) in [7, 11) is 0. The highest BCUT2D eigenvalue weighted by Crippen LogP contribution is 2.33. The molecule has 1 saturated carbocycles. The van der Waals surface area contributed by atoms with Gasteiger partial charge in [0.1, 0.15) is 5.60 Å². The van der Waals surface area contributed by atoms with E-state index in [1.165, 1.54) is 30.4 Å². The second-order valence-electron chi connectivity index (χ2n) is 7.32. The summed E-state index contributed by atoms with van der Waals surface area (Å²) in [6.07, 6.45) is 4.54. The predicted octanol–water partition coefficient (Wildman–Crippen LogP) is 3.63. The van der Waals surface area contributed by atoms with Gasteiger partial charge >= 0.3 is 6.09 Å². The Morgan fingerprint density at radius 2 is 2.14 bits per heavy atom. The summed E-state index contributed by atoms with van der Waals surface area (Å²) >= 11 is 0. The number of carbonyl (C=O) groups is 1. The lowest BCUT2D eigenvalue weighted by molar-refractivity contribution is 0.0583. The number of benzene rings is 1. The number of ether oxygens (including phenoxy) is 1. The molecule has 0 aromatic heterocycles. The van der Waals surface area contributed by atoms with Crippen LogP contribution in [0.4, 0.5) is 10.5 Å². The molecule has 1 aromatic carbocycles. The summed E-state index contributed by atoms with van der Waals surface area (Å²) in [6.45, 7) is 7.27. The number of fused-ring (bicyclic) bond motifs is 1. The van der Waals surface area contributed by atoms with Crippen molar-refractivity contribution in [2.75, 3.05) is 11.4 Å². The largest absolute Gasteiger partial charge is 0.443 e. The van der Waals surface area contributed by atoms with Crippen molar-refractivity contribution in [1.29, 1.82) is 0 Å². The molecular formula is C18H26N2O2. The molecule has 0 unspecified atom stereocenters. The van der Waals surface area contributed by atoms with E-state index in [9.17, 15) is 4.79 Å². The van der Waals surface area contributed by atoms with Gasteiger partial charge in [-0.2, -0.15) is 0 Å². The van der Waals surface area contributed by atoms with E-state index in [0.29, 0.717) is 12.6 Å². The van der Waals surface area contributed by atoms with Crippen molar-refractivity contribution in [1.82, 2.24) is 5.32 Å². The fourth-order valence-electron chi connectivity index (χ4n) is 3.05. The third-order valence-corrected chi connectivity index (χ3v) is 4.38. The number of nitrogens with one attached hydrogen (secondary N) is 1. The van der Waals surface area contributed by atoms with E-state index >= 15 is 0 Å². The number of rotatable bonds is 3. The minimum absolute atomic E-state index is 0.234. The molecule has 1 amide bonds. The normalized spacial score (nSPS) is 18.0. The first-order valence-electron chi connectivity index (χ1n) is 8.29. The standard InChI is InChI=1S/C18H26N2O2/c1-18(2,3)22-17(21)20-11-10-13-6-4-7-14(16(13)20)12-19-15-8-5-9-15/h4,6-7,15,19H,5,8-12H2,1-3H3. The minimum Gasteiger partial charge on any atom is -0.443 e. The average molecular weight is 302 g/mol. The van der Waals surface area contributed by atoms with E-state index in [-0.39, 0.29) is 6.09 Å². The van der Waals surface area contributed by atoms with Crippen LogP contribution in [-0.2, 0) is 17.7 Å². The van der Waals surface area contributed by atoms with Crippen molar-refractivity contribution >= 4 is 11.8 Å². The summed E-state index contributed by atoms with van der Waals surface area (Å²) in [5.74, 6) is 0. The van der Waals surface area contributed by atoms with E-state index in [2.05, 4.69) is 23.5 Å². The van der Waals surface area contributed by atoms with Gasteiger partial charge in [0, 0.05) is 19.1 Å². The number of hydrogen-bond donors (Lipinski definition) is 1. The third kappa shape index (κ3) is 3.27. The lowest BCUT2D eigenvalue weighted by Gasteiger charge is -2.28. The Balaban J connectivity index is 1.77. The van der Waals surface area contributed by atoms with Crippen molar-refractivity contribution < 1.29 is 9.53 Å². The second kappa shape index (κ2) is 5.92. The fourth-order valence-corrected chi connectivity index (χ4v) is 3.05. The third-order valence-electron chi connectivity index (χ3n) is 4.38. The number of anilines is 1. The topological polar surface area (TPSA) is 41.6 Å². The fraction of sp³-hybridized carbons (Fsp3) is 0.611. The van der Waals surface area contributed by atoms with Gasteiger partial charge in [0.15, 0.2) is 0 Å². The molecule has 1 fully saturated rings. The first kappa shape index (κ1) is 15.3. The summed E-state index contributed by atoms with van der Waals surface area (Å²) in [5.41, 5.74) is 3.05. The van der Waals surface area contributed by atoms with Crippen LogP contribution in [0.1, 0.15) is 51.2 Å². The molecule has 22 heavy (non-hydrogen) atoms. The summed E-state index contributed by atoms with van der Waals surface area (Å²) in [4.78, 5) is 14.3. The van der Waals surface area contributed by atoms with Gasteiger partial charge in [-0.3, -0.25) is 4.90 Å². The second-order valence-corrected chi connectivity index (χ2v) is 7.32. The summed E-state index contributed by atoms with van der Waals surface area (Å²) < 4.78 is 5.56. The zero-order valence-electron chi connectivity index (χ0n) is 13.8. The number of carbonyl (C=O) groups excluding carboxylic acids is 1. The van der Waals surface area contributed by atoms with Crippen LogP contribution in [-0.4, -0.2) is 24.3 Å². The molecule has 4 nitrogen and oxygen atoms in total. The molecule has 4 heteroatoms. The smallest absolute Gasteiger partial charge is 0.414 e. The highest BCUT2D eigenvalue weighted by molar-refractivity contribution is 5.91. The molecule has 0 radical (unpaired) electrons. The molecule has 1 aromatic rings. The molecule has 1 heterocycles. The first-order chi connectivity index (χ1) is 10.4. The molecule has 0 spiro atoms. The average Bonchev–Trinajstić information content (AvgIpc) is 2.79. The Morgan fingerprint density at radius 1 is 1.36 bits per heavy atom. The van der Waals surface area contributed by atoms with Crippen molar-refractivity contribution in [3.8, 4) is 0 Å². The maximum absolute atomic E-state index is 12.5. The maximum Gasteiger partial charge on any atom is 0.414 e. The van der Waals surface area contributed by atoms with Crippen LogP contribution in [0.25, 0.3) is 0 Å². The number of amides is 1. The lowest BCUT2D eigenvalue weighted by atomic mass is 9.93. The van der Waals surface area contributed by atoms with Crippen LogP contribution in [0.3, 0.4) is 0 Å². The van der Waals surface area contributed by atoms with Crippen LogP contribution in [0.15, 0.2) is 18.2 Å². The highest BCUT2D eigenvalue weighted by Gasteiger charge is 2.31. The van der Waals surface area contributed by atoms with Crippen molar-refractivity contribution in [2.24, 2.45) is 0 Å². The highest BCUT2D eigenvalue weighted by atomic mass is 16.6. The van der Waals surface area contributed by atoms with Crippen molar-refractivity contribution in [3.63, 3.8) is 0 Å². The maximum atomic E-state index is 12.5. The van der Waals surface area contributed by atoms with Gasteiger partial charge in [-0.1, -0.05) is 24.6 Å². The minimum atomic E-state index is -0.459. The van der Waals surface area contributed by atoms with Gasteiger partial charge in [0.05, 0.1) is 5.69 Å². The molecule has 3 rings (SSSR count). The molecule has 1 aliphatic carbocycles. The Kier molecular flexibility index (Phi) is 4.13. The Hall–Kier alpha value is -1.55. The molecule has 0 atom stereocenters. The van der Waals surface area contributed by atoms with Crippen molar-refractivity contribution in [2.45, 2.75) is 64.6 Å². The summed E-state index contributed by atoms with van der Waals surface area (Å²) in [5, 5.41) is 3.59. The van der Waals surface area contributed by atoms with Crippen LogP contribution in [0.5, 0.6) is 0 Å². The Labute approximate surface area is 132 Å². The van der Waals surface area contributed by atoms with Crippen LogP contribution >= 0.6 is 0 Å². The van der Waals surface area contributed by atoms with Crippen molar-refractivity contribution in [3.05, 3.63) is 29.3 Å². The van der Waals surface area contributed by atoms with E-state index < -0.39 is 5.60 Å². The molecular weight excluding hydrogens is 276 g/mol. The molecule has 0 bridgehead atoms. The Morgan fingerprint density at radius 3 is 2.77 bits per heavy atom.